The molecule has 0 spiro atoms. The van der Waals surface area contributed by atoms with Crippen molar-refractivity contribution in [1.82, 2.24) is 0 Å². The zero-order valence-corrected chi connectivity index (χ0v) is 25.9. The minimum Gasteiger partial charge on any atom is -0.382 e. The summed E-state index contributed by atoms with van der Waals surface area (Å²) >= 11 is 9.14. The Morgan fingerprint density at radius 1 is 0.682 bits per heavy atom. The van der Waals surface area contributed by atoms with Gasteiger partial charge in [-0.1, -0.05) is 89.2 Å². The second-order valence-electron chi connectivity index (χ2n) is 9.67. The molecular weight excluding hydrogens is 610 g/mol. The Hall–Kier alpha value is -4.14. The van der Waals surface area contributed by atoms with E-state index < -0.39 is 12.1 Å². The Kier molecular flexibility index (Phi) is 11.1. The molecule has 5 aromatic rings. The Labute approximate surface area is 269 Å². The van der Waals surface area contributed by atoms with Gasteiger partial charge < -0.3 is 9.94 Å². The minimum atomic E-state index is -1.06. The van der Waals surface area contributed by atoms with Gasteiger partial charge in [-0.25, -0.2) is 4.79 Å². The highest BCUT2D eigenvalue weighted by atomic mass is 35.5. The fourth-order valence-corrected chi connectivity index (χ4v) is 6.06. The second kappa shape index (κ2) is 15.5. The number of ketones is 1. The van der Waals surface area contributed by atoms with Crippen LogP contribution < -0.4 is 0 Å². The lowest BCUT2D eigenvalue weighted by atomic mass is 10.0. The van der Waals surface area contributed by atoms with Crippen LogP contribution in [0.4, 0.5) is 0 Å². The highest BCUT2D eigenvalue weighted by Crippen LogP contribution is 2.30. The van der Waals surface area contributed by atoms with Gasteiger partial charge in [-0.2, -0.15) is 0 Å². The van der Waals surface area contributed by atoms with Crippen molar-refractivity contribution in [2.24, 2.45) is 5.16 Å². The van der Waals surface area contributed by atoms with Gasteiger partial charge in [0.2, 0.25) is 0 Å². The Bertz CT molecular complexity index is 1710. The molecule has 0 fully saturated rings. The standard InChI is InChI=1S/C36H28ClNO4S2/c37-29-15-21-30(22-16-29)43-24-23-33(38-42-36(41)28-9-5-2-6-10-28)35(40)27-13-19-32(20-14-27)44-31-17-11-26(12-18-31)34(39)25-7-3-1-4-8-25/h1-22,35,40H,23-24H2/b38-33+. The number of rotatable bonds is 12. The molecule has 0 aliphatic heterocycles. The van der Waals surface area contributed by atoms with Crippen LogP contribution in [0.1, 0.15) is 44.4 Å². The second-order valence-corrected chi connectivity index (χ2v) is 12.4. The predicted molar refractivity (Wildman–Crippen MR) is 178 cm³/mol. The number of aliphatic hydroxyl groups is 1. The zero-order valence-electron chi connectivity index (χ0n) is 23.5. The van der Waals surface area contributed by atoms with Crippen LogP contribution >= 0.6 is 35.1 Å². The lowest BCUT2D eigenvalue weighted by Crippen LogP contribution is -2.15. The summed E-state index contributed by atoms with van der Waals surface area (Å²) in [5, 5.41) is 16.0. The molecule has 0 bridgehead atoms. The average molecular weight is 638 g/mol. The van der Waals surface area contributed by atoms with Crippen molar-refractivity contribution in [2.45, 2.75) is 27.2 Å². The number of thioether (sulfide) groups is 1. The van der Waals surface area contributed by atoms with Gasteiger partial charge in [0.15, 0.2) is 5.78 Å². The molecule has 220 valence electrons. The zero-order chi connectivity index (χ0) is 30.7. The van der Waals surface area contributed by atoms with Crippen LogP contribution in [-0.2, 0) is 4.84 Å². The van der Waals surface area contributed by atoms with Crippen LogP contribution in [0.5, 0.6) is 0 Å². The number of aliphatic hydroxyl groups excluding tert-OH is 1. The third kappa shape index (κ3) is 8.71. The van der Waals surface area contributed by atoms with Crippen molar-refractivity contribution >= 4 is 52.6 Å². The monoisotopic (exact) mass is 637 g/mol. The van der Waals surface area contributed by atoms with Crippen LogP contribution in [0.25, 0.3) is 0 Å². The Morgan fingerprint density at radius 3 is 1.82 bits per heavy atom. The molecule has 1 atom stereocenters. The van der Waals surface area contributed by atoms with Gasteiger partial charge in [0, 0.05) is 43.0 Å². The van der Waals surface area contributed by atoms with Crippen LogP contribution in [0.15, 0.2) is 153 Å². The number of halogens is 1. The average Bonchev–Trinajstić information content (AvgIpc) is 3.08. The molecule has 5 aromatic carbocycles. The summed E-state index contributed by atoms with van der Waals surface area (Å²) in [6.45, 7) is 0. The number of hydrogen-bond acceptors (Lipinski definition) is 7. The van der Waals surface area contributed by atoms with E-state index in [1.54, 1.807) is 47.8 Å². The van der Waals surface area contributed by atoms with E-state index in [9.17, 15) is 14.7 Å². The van der Waals surface area contributed by atoms with Gasteiger partial charge >= 0.3 is 5.97 Å². The Balaban J connectivity index is 1.25. The molecule has 5 rings (SSSR count). The maximum Gasteiger partial charge on any atom is 0.365 e. The molecule has 0 heterocycles. The summed E-state index contributed by atoms with van der Waals surface area (Å²) in [7, 11) is 0. The van der Waals surface area contributed by atoms with E-state index in [-0.39, 0.29) is 5.78 Å². The van der Waals surface area contributed by atoms with Crippen LogP contribution in [0.2, 0.25) is 5.02 Å². The molecule has 0 aliphatic rings. The molecule has 5 nitrogen and oxygen atoms in total. The fourth-order valence-electron chi connectivity index (χ4n) is 4.24. The lowest BCUT2D eigenvalue weighted by molar-refractivity contribution is 0.0509. The van der Waals surface area contributed by atoms with E-state index in [2.05, 4.69) is 5.16 Å². The largest absolute Gasteiger partial charge is 0.382 e. The van der Waals surface area contributed by atoms with Crippen molar-refractivity contribution in [1.29, 1.82) is 0 Å². The first-order valence-electron chi connectivity index (χ1n) is 13.8. The Morgan fingerprint density at radius 2 is 1.20 bits per heavy atom. The van der Waals surface area contributed by atoms with E-state index >= 15 is 0 Å². The van der Waals surface area contributed by atoms with Crippen LogP contribution in [0, 0.1) is 0 Å². The fraction of sp³-hybridized carbons (Fsp3) is 0.0833. The van der Waals surface area contributed by atoms with Crippen molar-refractivity contribution in [2.75, 3.05) is 5.75 Å². The first-order chi connectivity index (χ1) is 21.5. The maximum absolute atomic E-state index is 12.7. The SMILES string of the molecule is O=C(O/N=C(\CCSc1ccc(Cl)cc1)C(O)c1ccc(Sc2ccc(C(=O)c3ccccc3)cc2)cc1)c1ccccc1. The number of benzene rings is 5. The lowest BCUT2D eigenvalue weighted by Gasteiger charge is -2.14. The molecule has 1 unspecified atom stereocenters. The van der Waals surface area contributed by atoms with Gasteiger partial charge in [-0.3, -0.25) is 4.79 Å². The predicted octanol–water partition coefficient (Wildman–Crippen LogP) is 9.15. The van der Waals surface area contributed by atoms with Gasteiger partial charge in [-0.15, -0.1) is 11.8 Å². The molecular formula is C36H28ClNO4S2. The summed E-state index contributed by atoms with van der Waals surface area (Å²) in [4.78, 5) is 33.5. The van der Waals surface area contributed by atoms with Crippen LogP contribution in [0.3, 0.4) is 0 Å². The molecule has 1 N–H and O–H groups in total. The van der Waals surface area contributed by atoms with Gasteiger partial charge in [0.05, 0.1) is 11.3 Å². The van der Waals surface area contributed by atoms with E-state index in [1.165, 1.54) is 0 Å². The number of carbonyl (C=O) groups is 2. The van der Waals surface area contributed by atoms with E-state index in [1.807, 2.05) is 109 Å². The number of nitrogens with zero attached hydrogens (tertiary/aromatic N) is 1. The van der Waals surface area contributed by atoms with E-state index in [0.29, 0.717) is 45.2 Å². The normalized spacial score (nSPS) is 12.0. The van der Waals surface area contributed by atoms with Crippen molar-refractivity contribution in [3.8, 4) is 0 Å². The summed E-state index contributed by atoms with van der Waals surface area (Å²) in [5.74, 6) is -0.000208. The number of carbonyl (C=O) groups excluding carboxylic acids is 2. The van der Waals surface area contributed by atoms with Gasteiger partial charge in [-0.05, 0) is 78.4 Å². The van der Waals surface area contributed by atoms with Gasteiger partial charge in [0.1, 0.15) is 6.10 Å². The summed E-state index contributed by atoms with van der Waals surface area (Å²) in [5.41, 5.74) is 2.63. The van der Waals surface area contributed by atoms with Crippen molar-refractivity contribution in [3.63, 3.8) is 0 Å². The van der Waals surface area contributed by atoms with Gasteiger partial charge in [0.25, 0.3) is 0 Å². The maximum atomic E-state index is 12.7. The molecule has 44 heavy (non-hydrogen) atoms. The molecule has 0 saturated heterocycles. The third-order valence-electron chi connectivity index (χ3n) is 6.60. The topological polar surface area (TPSA) is 76.0 Å². The molecule has 0 radical (unpaired) electrons. The first kappa shape index (κ1) is 31.3. The van der Waals surface area contributed by atoms with E-state index in [0.717, 1.165) is 14.7 Å². The highest BCUT2D eigenvalue weighted by molar-refractivity contribution is 7.99. The smallest absolute Gasteiger partial charge is 0.365 e. The number of oxime groups is 1. The molecule has 8 heteroatoms. The quantitative estimate of drug-likeness (QED) is 0.0483. The summed E-state index contributed by atoms with van der Waals surface area (Å²) in [6, 6.07) is 40.3. The van der Waals surface area contributed by atoms with Crippen molar-refractivity contribution in [3.05, 3.63) is 161 Å². The summed E-state index contributed by atoms with van der Waals surface area (Å²) < 4.78 is 0. The highest BCUT2D eigenvalue weighted by Gasteiger charge is 2.18. The minimum absolute atomic E-state index is 0.0148. The summed E-state index contributed by atoms with van der Waals surface area (Å²) in [6.07, 6.45) is -0.673. The van der Waals surface area contributed by atoms with E-state index in [4.69, 9.17) is 16.4 Å². The third-order valence-corrected chi connectivity index (χ3v) is 8.88. The molecule has 0 saturated carbocycles. The molecule has 0 aliphatic carbocycles. The molecule has 0 amide bonds. The van der Waals surface area contributed by atoms with Crippen molar-refractivity contribution < 1.29 is 19.5 Å². The number of hydrogen-bond donors (Lipinski definition) is 1. The first-order valence-corrected chi connectivity index (χ1v) is 16.0. The van der Waals surface area contributed by atoms with Crippen LogP contribution in [-0.4, -0.2) is 28.3 Å². The molecule has 0 aromatic heterocycles.